The van der Waals surface area contributed by atoms with E-state index in [4.69, 9.17) is 0 Å². The number of fused-ring (bicyclic) bond motifs is 1. The summed E-state index contributed by atoms with van der Waals surface area (Å²) < 4.78 is 1.82. The number of hydrogen-bond acceptors (Lipinski definition) is 2. The number of nitrogens with zero attached hydrogens (tertiary/aromatic N) is 1. The van der Waals surface area contributed by atoms with Crippen LogP contribution in [0.5, 0.6) is 5.75 Å². The first-order valence-electron chi connectivity index (χ1n) is 7.01. The maximum absolute atomic E-state index is 12.8. The first-order valence-corrected chi connectivity index (χ1v) is 7.01. The average Bonchev–Trinajstić information content (AvgIpc) is 2.47. The summed E-state index contributed by atoms with van der Waals surface area (Å²) in [6.45, 7) is 4.02. The molecule has 21 heavy (non-hydrogen) atoms. The van der Waals surface area contributed by atoms with Crippen LogP contribution in [0, 0.1) is 0 Å². The summed E-state index contributed by atoms with van der Waals surface area (Å²) in [6.07, 6.45) is 0. The molecule has 0 aliphatic carbocycles. The highest BCUT2D eigenvalue weighted by atomic mass is 16.3. The molecule has 1 N–H and O–H groups in total. The van der Waals surface area contributed by atoms with Crippen LogP contribution in [-0.2, 0) is 0 Å². The molecule has 0 aliphatic rings. The quantitative estimate of drug-likeness (QED) is 0.771. The van der Waals surface area contributed by atoms with Crippen molar-refractivity contribution in [2.45, 2.75) is 19.9 Å². The lowest BCUT2D eigenvalue weighted by atomic mass is 10.0. The molecule has 0 saturated heterocycles. The van der Waals surface area contributed by atoms with Crippen molar-refractivity contribution >= 4 is 10.9 Å². The number of pyridine rings is 1. The Kier molecular flexibility index (Phi) is 3.26. The maximum Gasteiger partial charge on any atom is 0.259 e. The molecule has 3 aromatic rings. The molecular formula is C18H17NO2. The Morgan fingerprint density at radius 1 is 1.00 bits per heavy atom. The highest BCUT2D eigenvalue weighted by Crippen LogP contribution is 2.24. The third-order valence-corrected chi connectivity index (χ3v) is 3.64. The predicted molar refractivity (Wildman–Crippen MR) is 85.7 cm³/mol. The zero-order valence-electron chi connectivity index (χ0n) is 12.1. The van der Waals surface area contributed by atoms with Gasteiger partial charge in [0.1, 0.15) is 5.75 Å². The number of para-hydroxylation sites is 1. The van der Waals surface area contributed by atoms with Gasteiger partial charge in [0.25, 0.3) is 5.56 Å². The number of phenolic OH excluding ortho intramolecular Hbond substituents is 1. The van der Waals surface area contributed by atoms with Gasteiger partial charge in [0, 0.05) is 11.6 Å². The Morgan fingerprint density at radius 2 is 1.67 bits per heavy atom. The molecule has 3 nitrogen and oxygen atoms in total. The Bertz CT molecular complexity index is 845. The minimum Gasteiger partial charge on any atom is -0.508 e. The van der Waals surface area contributed by atoms with Crippen LogP contribution in [0.15, 0.2) is 59.4 Å². The summed E-state index contributed by atoms with van der Waals surface area (Å²) in [7, 11) is 0. The maximum atomic E-state index is 12.8. The lowest BCUT2D eigenvalue weighted by Gasteiger charge is -2.16. The first-order chi connectivity index (χ1) is 10.1. The van der Waals surface area contributed by atoms with E-state index in [1.165, 1.54) is 0 Å². The summed E-state index contributed by atoms with van der Waals surface area (Å²) in [5, 5.41) is 10.4. The van der Waals surface area contributed by atoms with E-state index >= 15 is 0 Å². The fourth-order valence-corrected chi connectivity index (χ4v) is 2.65. The van der Waals surface area contributed by atoms with Crippen molar-refractivity contribution in [3.63, 3.8) is 0 Å². The zero-order chi connectivity index (χ0) is 15.0. The summed E-state index contributed by atoms with van der Waals surface area (Å²) in [5.41, 5.74) is 2.41. The molecule has 0 spiro atoms. The van der Waals surface area contributed by atoms with E-state index in [0.717, 1.165) is 16.5 Å². The molecule has 106 valence electrons. The summed E-state index contributed by atoms with van der Waals surface area (Å²) in [5.74, 6) is 0.198. The molecule has 0 bridgehead atoms. The fraction of sp³-hybridized carbons (Fsp3) is 0.167. The van der Waals surface area contributed by atoms with Crippen LogP contribution < -0.4 is 5.56 Å². The van der Waals surface area contributed by atoms with E-state index in [1.54, 1.807) is 24.3 Å². The second-order valence-electron chi connectivity index (χ2n) is 5.43. The molecule has 1 heterocycles. The zero-order valence-corrected chi connectivity index (χ0v) is 12.1. The normalized spacial score (nSPS) is 11.2. The van der Waals surface area contributed by atoms with Gasteiger partial charge < -0.3 is 9.67 Å². The number of aromatic hydroxyl groups is 1. The summed E-state index contributed by atoms with van der Waals surface area (Å²) in [6, 6.07) is 16.6. The van der Waals surface area contributed by atoms with Crippen molar-refractivity contribution in [1.82, 2.24) is 4.57 Å². The van der Waals surface area contributed by atoms with Crippen molar-refractivity contribution in [1.29, 1.82) is 0 Å². The van der Waals surface area contributed by atoms with Crippen molar-refractivity contribution in [2.24, 2.45) is 0 Å². The molecule has 0 amide bonds. The molecule has 1 aromatic heterocycles. The Labute approximate surface area is 123 Å². The highest BCUT2D eigenvalue weighted by Gasteiger charge is 2.12. The monoisotopic (exact) mass is 279 g/mol. The van der Waals surface area contributed by atoms with E-state index < -0.39 is 0 Å². The topological polar surface area (TPSA) is 42.2 Å². The van der Waals surface area contributed by atoms with Crippen LogP contribution in [0.4, 0.5) is 0 Å². The Hall–Kier alpha value is -2.55. The largest absolute Gasteiger partial charge is 0.508 e. The lowest BCUT2D eigenvalue weighted by Crippen LogP contribution is -2.23. The SMILES string of the molecule is CC(C)n1c(=O)c(-c2ccc(O)cc2)cc2ccccc21. The summed E-state index contributed by atoms with van der Waals surface area (Å²) in [4.78, 5) is 12.8. The molecule has 0 radical (unpaired) electrons. The van der Waals surface area contributed by atoms with E-state index in [-0.39, 0.29) is 17.4 Å². The lowest BCUT2D eigenvalue weighted by molar-refractivity contribution is 0.475. The summed E-state index contributed by atoms with van der Waals surface area (Å²) >= 11 is 0. The van der Waals surface area contributed by atoms with Gasteiger partial charge in [-0.2, -0.15) is 0 Å². The van der Waals surface area contributed by atoms with Gasteiger partial charge in [-0.1, -0.05) is 30.3 Å². The number of rotatable bonds is 2. The van der Waals surface area contributed by atoms with Gasteiger partial charge in [-0.05, 0) is 49.1 Å². The molecule has 0 unspecified atom stereocenters. The molecular weight excluding hydrogens is 262 g/mol. The fourth-order valence-electron chi connectivity index (χ4n) is 2.65. The minimum absolute atomic E-state index is 0.00519. The standard InChI is InChI=1S/C18H17NO2/c1-12(2)19-17-6-4-3-5-14(17)11-16(18(19)21)13-7-9-15(20)10-8-13/h3-12,20H,1-2H3. The van der Waals surface area contributed by atoms with Crippen LogP contribution >= 0.6 is 0 Å². The van der Waals surface area contributed by atoms with Crippen LogP contribution in [0.1, 0.15) is 19.9 Å². The molecule has 2 aromatic carbocycles. The second-order valence-corrected chi connectivity index (χ2v) is 5.43. The van der Waals surface area contributed by atoms with Gasteiger partial charge in [-0.3, -0.25) is 4.79 Å². The number of phenols is 1. The van der Waals surface area contributed by atoms with E-state index in [2.05, 4.69) is 0 Å². The minimum atomic E-state index is -0.00519. The molecule has 3 heteroatoms. The molecule has 0 atom stereocenters. The average molecular weight is 279 g/mol. The van der Waals surface area contributed by atoms with Crippen molar-refractivity contribution in [2.75, 3.05) is 0 Å². The van der Waals surface area contributed by atoms with Crippen LogP contribution in [0.3, 0.4) is 0 Å². The van der Waals surface area contributed by atoms with Gasteiger partial charge in [-0.25, -0.2) is 0 Å². The first kappa shape index (κ1) is 13.4. The van der Waals surface area contributed by atoms with E-state index in [0.29, 0.717) is 5.56 Å². The molecule has 3 rings (SSSR count). The Balaban J connectivity index is 2.36. The highest BCUT2D eigenvalue weighted by molar-refractivity contribution is 5.84. The van der Waals surface area contributed by atoms with Gasteiger partial charge in [0.15, 0.2) is 0 Å². The van der Waals surface area contributed by atoms with E-state index in [1.807, 2.05) is 48.7 Å². The van der Waals surface area contributed by atoms with Crippen molar-refractivity contribution in [3.05, 3.63) is 65.0 Å². The van der Waals surface area contributed by atoms with Gasteiger partial charge in [-0.15, -0.1) is 0 Å². The van der Waals surface area contributed by atoms with Crippen molar-refractivity contribution in [3.8, 4) is 16.9 Å². The van der Waals surface area contributed by atoms with Crippen LogP contribution in [-0.4, -0.2) is 9.67 Å². The molecule has 0 saturated carbocycles. The second kappa shape index (κ2) is 5.09. The number of aromatic nitrogens is 1. The molecule has 0 aliphatic heterocycles. The predicted octanol–water partition coefficient (Wildman–Crippen LogP) is 3.96. The Morgan fingerprint density at radius 3 is 2.33 bits per heavy atom. The van der Waals surface area contributed by atoms with Gasteiger partial charge in [0.2, 0.25) is 0 Å². The smallest absolute Gasteiger partial charge is 0.259 e. The molecule has 0 fully saturated rings. The third kappa shape index (κ3) is 2.31. The third-order valence-electron chi connectivity index (χ3n) is 3.64. The van der Waals surface area contributed by atoms with Gasteiger partial charge >= 0.3 is 0 Å². The van der Waals surface area contributed by atoms with Crippen LogP contribution in [0.25, 0.3) is 22.0 Å². The number of benzene rings is 2. The van der Waals surface area contributed by atoms with E-state index in [9.17, 15) is 9.90 Å². The van der Waals surface area contributed by atoms with Crippen LogP contribution in [0.2, 0.25) is 0 Å². The number of hydrogen-bond donors (Lipinski definition) is 1. The van der Waals surface area contributed by atoms with Crippen molar-refractivity contribution < 1.29 is 5.11 Å². The van der Waals surface area contributed by atoms with Gasteiger partial charge in [0.05, 0.1) is 5.52 Å².